The van der Waals surface area contributed by atoms with Gasteiger partial charge in [0, 0.05) is 29.9 Å². The Bertz CT molecular complexity index is 1740. The fraction of sp³-hybridized carbons (Fsp3) is 0.212. The lowest BCUT2D eigenvalue weighted by atomic mass is 10.1. The number of amides is 2. The molecule has 2 aromatic heterocycles. The number of aromatic nitrogens is 3. The van der Waals surface area contributed by atoms with Crippen LogP contribution in [0.25, 0.3) is 10.9 Å². The van der Waals surface area contributed by atoms with Crippen LogP contribution in [0, 0.1) is 12.7 Å². The average Bonchev–Trinajstić information content (AvgIpc) is 3.43. The van der Waals surface area contributed by atoms with E-state index < -0.39 is 5.82 Å². The topological polar surface area (TPSA) is 98.1 Å². The highest BCUT2D eigenvalue weighted by Crippen LogP contribution is 2.34. The van der Waals surface area contributed by atoms with Crippen molar-refractivity contribution >= 4 is 28.4 Å². The largest absolute Gasteiger partial charge is 0.453 e. The first-order chi connectivity index (χ1) is 20.1. The van der Waals surface area contributed by atoms with E-state index in [4.69, 9.17) is 4.74 Å². The van der Waals surface area contributed by atoms with Gasteiger partial charge in [-0.3, -0.25) is 19.3 Å². The second-order valence-corrected chi connectivity index (χ2v) is 11.1. The summed E-state index contributed by atoms with van der Waals surface area (Å²) in [6.45, 7) is 8.15. The third-order valence-corrected chi connectivity index (χ3v) is 6.68. The van der Waals surface area contributed by atoms with Crippen LogP contribution in [-0.2, 0) is 23.3 Å². The molecule has 8 nitrogen and oxygen atoms in total. The number of fused-ring (bicyclic) bond motifs is 1. The van der Waals surface area contributed by atoms with Crippen molar-refractivity contribution in [1.29, 1.82) is 0 Å². The lowest BCUT2D eigenvalue weighted by Crippen LogP contribution is -2.22. The summed E-state index contributed by atoms with van der Waals surface area (Å²) < 4.78 is 23.1. The number of carbonyl (C=O) groups excluding carboxylic acids is 2. The molecule has 9 heteroatoms. The van der Waals surface area contributed by atoms with Crippen molar-refractivity contribution in [3.05, 3.63) is 113 Å². The zero-order valence-corrected chi connectivity index (χ0v) is 23.9. The second-order valence-electron chi connectivity index (χ2n) is 11.1. The molecule has 0 aliphatic heterocycles. The molecule has 5 aromatic rings. The van der Waals surface area contributed by atoms with Crippen molar-refractivity contribution in [2.45, 2.75) is 46.2 Å². The number of anilines is 1. The van der Waals surface area contributed by atoms with E-state index in [1.807, 2.05) is 51.1 Å². The number of nitrogens with one attached hydrogen (secondary N) is 2. The predicted octanol–water partition coefficient (Wildman–Crippen LogP) is 6.54. The van der Waals surface area contributed by atoms with Gasteiger partial charge in [0.15, 0.2) is 11.6 Å². The lowest BCUT2D eigenvalue weighted by molar-refractivity contribution is -0.115. The molecule has 0 aliphatic rings. The molecule has 0 saturated carbocycles. The van der Waals surface area contributed by atoms with Gasteiger partial charge < -0.3 is 15.4 Å². The van der Waals surface area contributed by atoms with Crippen LogP contribution in [0.3, 0.4) is 0 Å². The Hall–Kier alpha value is -5.05. The summed E-state index contributed by atoms with van der Waals surface area (Å²) in [4.78, 5) is 29.9. The van der Waals surface area contributed by atoms with Gasteiger partial charge in [-0.1, -0.05) is 36.4 Å². The first-order valence-corrected chi connectivity index (χ1v) is 13.6. The van der Waals surface area contributed by atoms with Crippen LogP contribution >= 0.6 is 0 Å². The fourth-order valence-electron chi connectivity index (χ4n) is 4.52. The maximum absolute atomic E-state index is 15.3. The van der Waals surface area contributed by atoms with Crippen LogP contribution in [0.1, 0.15) is 47.8 Å². The van der Waals surface area contributed by atoms with Gasteiger partial charge in [-0.05, 0) is 74.7 Å². The molecular weight excluding hydrogens is 533 g/mol. The smallest absolute Gasteiger partial charge is 0.251 e. The molecule has 0 saturated heterocycles. The Morgan fingerprint density at radius 2 is 1.79 bits per heavy atom. The monoisotopic (exact) mass is 565 g/mol. The van der Waals surface area contributed by atoms with Crippen LogP contribution in [-0.4, -0.2) is 26.6 Å². The summed E-state index contributed by atoms with van der Waals surface area (Å²) in [7, 11) is 0. The summed E-state index contributed by atoms with van der Waals surface area (Å²) in [5.74, 6) is -0.724. The van der Waals surface area contributed by atoms with Gasteiger partial charge in [-0.25, -0.2) is 4.39 Å². The molecule has 0 spiro atoms. The molecule has 2 N–H and O–H groups in total. The second kappa shape index (κ2) is 11.8. The fourth-order valence-corrected chi connectivity index (χ4v) is 4.52. The minimum atomic E-state index is -0.597. The molecule has 42 heavy (non-hydrogen) atoms. The van der Waals surface area contributed by atoms with Crippen molar-refractivity contribution in [1.82, 2.24) is 20.1 Å². The van der Waals surface area contributed by atoms with Gasteiger partial charge in [0.1, 0.15) is 5.75 Å². The number of ether oxygens (including phenoxy) is 1. The summed E-state index contributed by atoms with van der Waals surface area (Å²) in [5.41, 5.74) is 3.42. The molecule has 0 unspecified atom stereocenters. The van der Waals surface area contributed by atoms with E-state index in [0.717, 1.165) is 5.56 Å². The van der Waals surface area contributed by atoms with Gasteiger partial charge in [-0.15, -0.1) is 0 Å². The zero-order chi connectivity index (χ0) is 29.9. The van der Waals surface area contributed by atoms with Crippen molar-refractivity contribution in [3.63, 3.8) is 0 Å². The molecule has 0 fully saturated rings. The number of nitrogens with zero attached hydrogens (tertiary/aromatic N) is 3. The number of benzene rings is 3. The van der Waals surface area contributed by atoms with Crippen molar-refractivity contribution < 1.29 is 18.7 Å². The third kappa shape index (κ3) is 6.63. The number of hydrogen-bond acceptors (Lipinski definition) is 5. The van der Waals surface area contributed by atoms with Crippen LogP contribution in [0.4, 0.5) is 10.1 Å². The molecule has 5 rings (SSSR count). The Morgan fingerprint density at radius 3 is 2.50 bits per heavy atom. The minimum Gasteiger partial charge on any atom is -0.453 e. The van der Waals surface area contributed by atoms with E-state index in [0.29, 0.717) is 45.6 Å². The highest BCUT2D eigenvalue weighted by atomic mass is 19.1. The normalized spacial score (nSPS) is 11.4. The number of aryl methyl sites for hydroxylation is 1. The van der Waals surface area contributed by atoms with Crippen LogP contribution in [0.15, 0.2) is 85.3 Å². The number of rotatable bonds is 8. The molecule has 3 aromatic carbocycles. The summed E-state index contributed by atoms with van der Waals surface area (Å²) in [5, 5.41) is 10.6. The van der Waals surface area contributed by atoms with Crippen LogP contribution in [0.5, 0.6) is 11.5 Å². The average molecular weight is 566 g/mol. The maximum atomic E-state index is 15.3. The lowest BCUT2D eigenvalue weighted by Gasteiger charge is -2.18. The van der Waals surface area contributed by atoms with E-state index in [2.05, 4.69) is 20.7 Å². The molecular formula is C33H32FN5O3. The molecule has 0 bridgehead atoms. The number of hydrogen-bond donors (Lipinski definition) is 2. The van der Waals surface area contributed by atoms with Crippen LogP contribution < -0.4 is 15.4 Å². The quantitative estimate of drug-likeness (QED) is 0.223. The van der Waals surface area contributed by atoms with Gasteiger partial charge in [0.05, 0.1) is 29.4 Å². The minimum absolute atomic E-state index is 0.0155. The Labute approximate surface area is 243 Å². The van der Waals surface area contributed by atoms with E-state index in [1.54, 1.807) is 60.5 Å². The van der Waals surface area contributed by atoms with E-state index in [-0.39, 0.29) is 29.5 Å². The SMILES string of the molecule is Cc1cc(CC(=O)Nc2cnn(C(C)(C)C)c2)cc(F)c1Oc1ccnc2ccc(C(=O)NCc3ccccc3)cc12. The predicted molar refractivity (Wildman–Crippen MR) is 160 cm³/mol. The standard InChI is InChI=1S/C33H32FN5O3/c1-21-14-23(16-30(40)38-25-19-37-39(20-25)33(2,3)4)15-27(34)31(21)42-29-12-13-35-28-11-10-24(17-26(28)29)32(41)36-18-22-8-6-5-7-9-22/h5-15,17,19-20H,16,18H2,1-4H3,(H,36,41)(H,38,40). The summed E-state index contributed by atoms with van der Waals surface area (Å²) >= 11 is 0. The summed E-state index contributed by atoms with van der Waals surface area (Å²) in [6.07, 6.45) is 4.90. The van der Waals surface area contributed by atoms with Gasteiger partial charge in [-0.2, -0.15) is 5.10 Å². The highest BCUT2D eigenvalue weighted by Gasteiger charge is 2.18. The Morgan fingerprint density at radius 1 is 1.00 bits per heavy atom. The molecule has 2 heterocycles. The Balaban J connectivity index is 1.31. The number of halogens is 1. The highest BCUT2D eigenvalue weighted by molar-refractivity contribution is 5.99. The van der Waals surface area contributed by atoms with Crippen molar-refractivity contribution in [2.24, 2.45) is 0 Å². The maximum Gasteiger partial charge on any atom is 0.251 e. The zero-order valence-electron chi connectivity index (χ0n) is 23.9. The molecule has 2 amide bonds. The molecule has 0 radical (unpaired) electrons. The first-order valence-electron chi connectivity index (χ1n) is 13.6. The number of pyridine rings is 1. The van der Waals surface area contributed by atoms with E-state index in [9.17, 15) is 9.59 Å². The third-order valence-electron chi connectivity index (χ3n) is 6.68. The molecule has 0 atom stereocenters. The molecule has 0 aliphatic carbocycles. The first kappa shape index (κ1) is 28.5. The van der Waals surface area contributed by atoms with Crippen molar-refractivity contribution in [3.8, 4) is 11.5 Å². The number of carbonyl (C=O) groups is 2. The Kier molecular flexibility index (Phi) is 8.01. The van der Waals surface area contributed by atoms with Crippen LogP contribution in [0.2, 0.25) is 0 Å². The van der Waals surface area contributed by atoms with Crippen molar-refractivity contribution in [2.75, 3.05) is 5.32 Å². The van der Waals surface area contributed by atoms with E-state index >= 15 is 4.39 Å². The molecule has 214 valence electrons. The van der Waals surface area contributed by atoms with Gasteiger partial charge >= 0.3 is 0 Å². The summed E-state index contributed by atoms with van der Waals surface area (Å²) in [6, 6.07) is 19.4. The van der Waals surface area contributed by atoms with Gasteiger partial charge in [0.25, 0.3) is 5.91 Å². The van der Waals surface area contributed by atoms with Gasteiger partial charge in [0.2, 0.25) is 5.91 Å². The van der Waals surface area contributed by atoms with E-state index in [1.165, 1.54) is 6.07 Å².